The van der Waals surface area contributed by atoms with Gasteiger partial charge in [-0.1, -0.05) is 0 Å². The number of hydrogen-bond donors (Lipinski definition) is 3. The lowest BCUT2D eigenvalue weighted by Crippen LogP contribution is -2.32. The van der Waals surface area contributed by atoms with Gasteiger partial charge in [-0.2, -0.15) is 0 Å². The van der Waals surface area contributed by atoms with Crippen molar-refractivity contribution in [3.05, 3.63) is 24.0 Å². The molecule has 0 spiro atoms. The maximum Gasteiger partial charge on any atom is 0.233 e. The smallest absolute Gasteiger partial charge is 0.233 e. The zero-order valence-electron chi connectivity index (χ0n) is 8.47. The van der Waals surface area contributed by atoms with Gasteiger partial charge in [-0.15, -0.1) is 0 Å². The summed E-state index contributed by atoms with van der Waals surface area (Å²) in [6, 6.07) is 4.03. The fourth-order valence-corrected chi connectivity index (χ4v) is 1.25. The third-order valence-electron chi connectivity index (χ3n) is 1.94. The van der Waals surface area contributed by atoms with E-state index >= 15 is 0 Å². The largest absolute Gasteiger partial charge is 0.365 e. The summed E-state index contributed by atoms with van der Waals surface area (Å²) >= 11 is 0. The standard InChI is InChI=1S/C10H17N3O/c1-11-8-10(14)13-7-3-5-9-4-2-6-12-9/h2,4,6,11-12H,3,5,7-8H2,1H3,(H,13,14). The van der Waals surface area contributed by atoms with Crippen molar-refractivity contribution < 1.29 is 4.79 Å². The van der Waals surface area contributed by atoms with E-state index in [1.807, 2.05) is 12.3 Å². The number of aryl methyl sites for hydroxylation is 1. The van der Waals surface area contributed by atoms with Crippen molar-refractivity contribution in [2.45, 2.75) is 12.8 Å². The molecule has 14 heavy (non-hydrogen) atoms. The van der Waals surface area contributed by atoms with Gasteiger partial charge in [0.25, 0.3) is 0 Å². The lowest BCUT2D eigenvalue weighted by Gasteiger charge is -2.03. The van der Waals surface area contributed by atoms with Crippen LogP contribution in [-0.4, -0.2) is 31.0 Å². The Kier molecular flexibility index (Phi) is 4.78. The second-order valence-corrected chi connectivity index (χ2v) is 3.18. The number of amides is 1. The first kappa shape index (κ1) is 10.8. The summed E-state index contributed by atoms with van der Waals surface area (Å²) in [7, 11) is 1.76. The Labute approximate surface area is 84.1 Å². The Hall–Kier alpha value is -1.29. The average Bonchev–Trinajstić information content (AvgIpc) is 2.65. The van der Waals surface area contributed by atoms with Crippen molar-refractivity contribution in [3.63, 3.8) is 0 Å². The van der Waals surface area contributed by atoms with Crippen LogP contribution in [0.5, 0.6) is 0 Å². The van der Waals surface area contributed by atoms with Gasteiger partial charge in [-0.05, 0) is 32.0 Å². The molecule has 1 amide bonds. The van der Waals surface area contributed by atoms with Crippen LogP contribution in [0.1, 0.15) is 12.1 Å². The maximum absolute atomic E-state index is 11.0. The Morgan fingerprint density at radius 3 is 3.07 bits per heavy atom. The first-order chi connectivity index (χ1) is 6.83. The lowest BCUT2D eigenvalue weighted by atomic mass is 10.2. The molecule has 0 aliphatic rings. The number of H-pyrrole nitrogens is 1. The minimum absolute atomic E-state index is 0.0546. The van der Waals surface area contributed by atoms with E-state index in [0.717, 1.165) is 19.4 Å². The number of aromatic amines is 1. The highest BCUT2D eigenvalue weighted by molar-refractivity contribution is 5.77. The van der Waals surface area contributed by atoms with Crippen molar-refractivity contribution in [1.82, 2.24) is 15.6 Å². The molecule has 0 radical (unpaired) electrons. The van der Waals surface area contributed by atoms with Crippen LogP contribution >= 0.6 is 0 Å². The van der Waals surface area contributed by atoms with Gasteiger partial charge in [0, 0.05) is 18.4 Å². The van der Waals surface area contributed by atoms with E-state index in [9.17, 15) is 4.79 Å². The number of hydrogen-bond acceptors (Lipinski definition) is 2. The number of rotatable bonds is 6. The van der Waals surface area contributed by atoms with Gasteiger partial charge in [0.2, 0.25) is 5.91 Å². The van der Waals surface area contributed by atoms with Crippen molar-refractivity contribution >= 4 is 5.91 Å². The molecule has 3 N–H and O–H groups in total. The Bertz CT molecular complexity index is 256. The molecule has 0 unspecified atom stereocenters. The zero-order chi connectivity index (χ0) is 10.2. The summed E-state index contributed by atoms with van der Waals surface area (Å²) in [5.41, 5.74) is 1.22. The SMILES string of the molecule is CNCC(=O)NCCCc1ccc[nH]1. The molecule has 4 nitrogen and oxygen atoms in total. The van der Waals surface area contributed by atoms with E-state index in [1.165, 1.54) is 5.69 Å². The predicted molar refractivity (Wildman–Crippen MR) is 56.1 cm³/mol. The van der Waals surface area contributed by atoms with Crippen LogP contribution in [-0.2, 0) is 11.2 Å². The number of carbonyl (C=O) groups is 1. The first-order valence-electron chi connectivity index (χ1n) is 4.86. The normalized spacial score (nSPS) is 10.1. The second-order valence-electron chi connectivity index (χ2n) is 3.18. The monoisotopic (exact) mass is 195 g/mol. The summed E-state index contributed by atoms with van der Waals surface area (Å²) in [6.45, 7) is 1.13. The maximum atomic E-state index is 11.0. The van der Waals surface area contributed by atoms with Gasteiger partial charge < -0.3 is 15.6 Å². The van der Waals surface area contributed by atoms with Gasteiger partial charge >= 0.3 is 0 Å². The fourth-order valence-electron chi connectivity index (χ4n) is 1.25. The highest BCUT2D eigenvalue weighted by Crippen LogP contribution is 1.97. The Morgan fingerprint density at radius 2 is 2.43 bits per heavy atom. The summed E-state index contributed by atoms with van der Waals surface area (Å²) < 4.78 is 0. The van der Waals surface area contributed by atoms with Gasteiger partial charge in [-0.25, -0.2) is 0 Å². The molecular formula is C10H17N3O. The molecule has 0 atom stereocenters. The zero-order valence-corrected chi connectivity index (χ0v) is 8.47. The molecule has 1 heterocycles. The van der Waals surface area contributed by atoms with E-state index in [0.29, 0.717) is 6.54 Å². The highest BCUT2D eigenvalue weighted by atomic mass is 16.1. The molecule has 0 saturated carbocycles. The van der Waals surface area contributed by atoms with Crippen molar-refractivity contribution in [1.29, 1.82) is 0 Å². The molecule has 0 bridgehead atoms. The first-order valence-corrected chi connectivity index (χ1v) is 4.86. The topological polar surface area (TPSA) is 56.9 Å². The second kappa shape index (κ2) is 6.21. The third kappa shape index (κ3) is 4.09. The van der Waals surface area contributed by atoms with Crippen molar-refractivity contribution in [3.8, 4) is 0 Å². The van der Waals surface area contributed by atoms with Crippen molar-refractivity contribution in [2.75, 3.05) is 20.1 Å². The van der Waals surface area contributed by atoms with E-state index < -0.39 is 0 Å². The van der Waals surface area contributed by atoms with Crippen LogP contribution in [0, 0.1) is 0 Å². The van der Waals surface area contributed by atoms with Crippen LogP contribution in [0.15, 0.2) is 18.3 Å². The minimum Gasteiger partial charge on any atom is -0.365 e. The molecule has 1 aromatic heterocycles. The predicted octanol–water partition coefficient (Wildman–Crippen LogP) is 0.283. The van der Waals surface area contributed by atoms with Gasteiger partial charge in [0.15, 0.2) is 0 Å². The van der Waals surface area contributed by atoms with Crippen LogP contribution in [0.25, 0.3) is 0 Å². The molecule has 0 aliphatic carbocycles. The van der Waals surface area contributed by atoms with Crippen LogP contribution < -0.4 is 10.6 Å². The number of nitrogens with one attached hydrogen (secondary N) is 3. The Morgan fingerprint density at radius 1 is 1.57 bits per heavy atom. The van der Waals surface area contributed by atoms with Gasteiger partial charge in [0.1, 0.15) is 0 Å². The summed E-state index contributed by atoms with van der Waals surface area (Å²) in [6.07, 6.45) is 3.86. The van der Waals surface area contributed by atoms with E-state index in [-0.39, 0.29) is 5.91 Å². The van der Waals surface area contributed by atoms with Crippen LogP contribution in [0.4, 0.5) is 0 Å². The molecule has 4 heteroatoms. The highest BCUT2D eigenvalue weighted by Gasteiger charge is 1.97. The quantitative estimate of drug-likeness (QED) is 0.571. The molecule has 0 aliphatic heterocycles. The molecule has 0 fully saturated rings. The summed E-state index contributed by atoms with van der Waals surface area (Å²) in [5, 5.41) is 5.63. The molecule has 0 aromatic carbocycles. The van der Waals surface area contributed by atoms with Gasteiger partial charge in [-0.3, -0.25) is 4.79 Å². The molecule has 1 aromatic rings. The molecular weight excluding hydrogens is 178 g/mol. The molecule has 0 saturated heterocycles. The molecule has 1 rings (SSSR count). The number of likely N-dealkylation sites (N-methyl/N-ethyl adjacent to an activating group) is 1. The van der Waals surface area contributed by atoms with Crippen LogP contribution in [0.2, 0.25) is 0 Å². The van der Waals surface area contributed by atoms with E-state index in [4.69, 9.17) is 0 Å². The summed E-state index contributed by atoms with van der Waals surface area (Å²) in [4.78, 5) is 14.1. The minimum atomic E-state index is 0.0546. The average molecular weight is 195 g/mol. The van der Waals surface area contributed by atoms with E-state index in [1.54, 1.807) is 7.05 Å². The Balaban J connectivity index is 2.02. The number of carbonyl (C=O) groups excluding carboxylic acids is 1. The fraction of sp³-hybridized carbons (Fsp3) is 0.500. The third-order valence-corrected chi connectivity index (χ3v) is 1.94. The molecule has 78 valence electrons. The van der Waals surface area contributed by atoms with Crippen LogP contribution in [0.3, 0.4) is 0 Å². The number of aromatic nitrogens is 1. The lowest BCUT2D eigenvalue weighted by molar-refractivity contribution is -0.120. The van der Waals surface area contributed by atoms with Crippen molar-refractivity contribution in [2.24, 2.45) is 0 Å². The van der Waals surface area contributed by atoms with Gasteiger partial charge in [0.05, 0.1) is 6.54 Å². The van der Waals surface area contributed by atoms with E-state index in [2.05, 4.69) is 21.7 Å². The summed E-state index contributed by atoms with van der Waals surface area (Å²) in [5.74, 6) is 0.0546.